The molecule has 56 heavy (non-hydrogen) atoms. The van der Waals surface area contributed by atoms with Crippen molar-refractivity contribution in [3.05, 3.63) is 36.5 Å². The normalized spacial score (nSPS) is 12.4. The molecule has 5 heteroatoms. The molecule has 0 spiro atoms. The smallest absolute Gasteiger partial charge is 0.306 e. The van der Waals surface area contributed by atoms with E-state index in [1.165, 1.54) is 167 Å². The fraction of sp³-hybridized carbons (Fsp3) is 0.843. The summed E-state index contributed by atoms with van der Waals surface area (Å²) in [5.74, 6) is -0.410. The molecule has 0 saturated heterocycles. The van der Waals surface area contributed by atoms with Crippen LogP contribution in [0.3, 0.4) is 0 Å². The van der Waals surface area contributed by atoms with Crippen LogP contribution in [0.4, 0.5) is 0 Å². The van der Waals surface area contributed by atoms with Crippen LogP contribution in [0, 0.1) is 0 Å². The molecule has 0 aliphatic carbocycles. The van der Waals surface area contributed by atoms with Crippen LogP contribution in [-0.4, -0.2) is 37.9 Å². The van der Waals surface area contributed by atoms with Crippen molar-refractivity contribution in [3.8, 4) is 0 Å². The van der Waals surface area contributed by atoms with Crippen molar-refractivity contribution < 1.29 is 23.8 Å². The third kappa shape index (κ3) is 44.8. The first-order chi connectivity index (χ1) is 27.6. The van der Waals surface area contributed by atoms with Crippen LogP contribution < -0.4 is 0 Å². The second-order valence-corrected chi connectivity index (χ2v) is 16.4. The summed E-state index contributed by atoms with van der Waals surface area (Å²) in [5, 5.41) is 0. The molecule has 0 bridgehead atoms. The Morgan fingerprint density at radius 1 is 0.393 bits per heavy atom. The van der Waals surface area contributed by atoms with Crippen LogP contribution in [-0.2, 0) is 23.8 Å². The van der Waals surface area contributed by atoms with Crippen molar-refractivity contribution in [2.75, 3.05) is 19.8 Å². The van der Waals surface area contributed by atoms with Crippen LogP contribution in [0.15, 0.2) is 36.5 Å². The lowest BCUT2D eigenvalue weighted by molar-refractivity contribution is -0.163. The Bertz CT molecular complexity index is 893. The minimum absolute atomic E-state index is 0.0824. The van der Waals surface area contributed by atoms with Gasteiger partial charge >= 0.3 is 11.9 Å². The first-order valence-corrected chi connectivity index (χ1v) is 24.5. The maximum absolute atomic E-state index is 12.6. The van der Waals surface area contributed by atoms with Crippen LogP contribution in [0.2, 0.25) is 0 Å². The van der Waals surface area contributed by atoms with Gasteiger partial charge in [0.2, 0.25) is 0 Å². The Morgan fingerprint density at radius 3 is 1.23 bits per heavy atom. The van der Waals surface area contributed by atoms with E-state index in [2.05, 4.69) is 57.2 Å². The highest BCUT2D eigenvalue weighted by Crippen LogP contribution is 2.14. The van der Waals surface area contributed by atoms with Gasteiger partial charge in [0, 0.05) is 19.4 Å². The SMILES string of the molecule is CCCCC/C=C\C/C=C\CCCCCCCCOCC(COC(=O)CCCCCCCCCCC/C=C\CCCCCCCC)OC(=O)CCCCCCC. The second-order valence-electron chi connectivity index (χ2n) is 16.4. The number of hydrogen-bond donors (Lipinski definition) is 0. The molecule has 0 amide bonds. The monoisotopic (exact) mass is 787 g/mol. The minimum Gasteiger partial charge on any atom is -0.462 e. The highest BCUT2D eigenvalue weighted by atomic mass is 16.6. The summed E-state index contributed by atoms with van der Waals surface area (Å²) < 4.78 is 17.2. The van der Waals surface area contributed by atoms with E-state index in [0.29, 0.717) is 19.4 Å². The van der Waals surface area contributed by atoms with Gasteiger partial charge in [-0.2, -0.15) is 0 Å². The molecular weight excluding hydrogens is 693 g/mol. The van der Waals surface area contributed by atoms with Crippen LogP contribution >= 0.6 is 0 Å². The number of carbonyl (C=O) groups excluding carboxylic acids is 2. The number of hydrogen-bond acceptors (Lipinski definition) is 5. The Kier molecular flexibility index (Phi) is 45.9. The maximum Gasteiger partial charge on any atom is 0.306 e. The van der Waals surface area contributed by atoms with Crippen LogP contribution in [0.25, 0.3) is 0 Å². The summed E-state index contributed by atoms with van der Waals surface area (Å²) in [6.45, 7) is 7.73. The quantitative estimate of drug-likeness (QED) is 0.0349. The van der Waals surface area contributed by atoms with Gasteiger partial charge in [0.1, 0.15) is 6.61 Å². The second kappa shape index (κ2) is 47.5. The van der Waals surface area contributed by atoms with E-state index in [1.807, 2.05) is 0 Å². The van der Waals surface area contributed by atoms with E-state index < -0.39 is 6.10 Å². The number of rotatable bonds is 45. The Labute approximate surface area is 349 Å². The van der Waals surface area contributed by atoms with Gasteiger partial charge in [-0.25, -0.2) is 0 Å². The summed E-state index contributed by atoms with van der Waals surface area (Å²) in [6.07, 6.45) is 56.0. The molecule has 0 aliphatic heterocycles. The summed E-state index contributed by atoms with van der Waals surface area (Å²) in [4.78, 5) is 25.1. The van der Waals surface area contributed by atoms with E-state index in [9.17, 15) is 9.59 Å². The third-order valence-corrected chi connectivity index (χ3v) is 10.6. The van der Waals surface area contributed by atoms with Gasteiger partial charge in [-0.1, -0.05) is 198 Å². The van der Waals surface area contributed by atoms with Crippen molar-refractivity contribution in [1.29, 1.82) is 0 Å². The van der Waals surface area contributed by atoms with E-state index in [-0.39, 0.29) is 25.2 Å². The van der Waals surface area contributed by atoms with Gasteiger partial charge < -0.3 is 14.2 Å². The predicted molar refractivity (Wildman–Crippen MR) is 242 cm³/mol. The summed E-state index contributed by atoms with van der Waals surface area (Å²) in [5.41, 5.74) is 0. The first kappa shape index (κ1) is 54.1. The van der Waals surface area contributed by atoms with Crippen molar-refractivity contribution in [3.63, 3.8) is 0 Å². The average molecular weight is 787 g/mol. The van der Waals surface area contributed by atoms with Crippen molar-refractivity contribution in [2.24, 2.45) is 0 Å². The molecule has 328 valence electrons. The van der Waals surface area contributed by atoms with Gasteiger partial charge in [0.15, 0.2) is 6.10 Å². The van der Waals surface area contributed by atoms with Crippen molar-refractivity contribution in [2.45, 2.75) is 258 Å². The van der Waals surface area contributed by atoms with Gasteiger partial charge in [0.05, 0.1) is 6.61 Å². The third-order valence-electron chi connectivity index (χ3n) is 10.6. The van der Waals surface area contributed by atoms with Crippen LogP contribution in [0.1, 0.15) is 252 Å². The van der Waals surface area contributed by atoms with E-state index >= 15 is 0 Å². The summed E-state index contributed by atoms with van der Waals surface area (Å²) in [7, 11) is 0. The standard InChI is InChI=1S/C51H94O5/c1-4-7-10-13-15-17-19-21-23-25-26-27-28-30-32-34-36-39-41-44-50(52)55-48-49(56-51(53)45-42-38-12-9-6-3)47-54-46-43-40-37-35-33-31-29-24-22-20-18-16-14-11-8-5-2/h16,18,21-24,49H,4-15,17,19-20,25-48H2,1-3H3/b18-16-,23-21-,24-22-. The lowest BCUT2D eigenvalue weighted by Crippen LogP contribution is -2.30. The topological polar surface area (TPSA) is 61.8 Å². The number of unbranched alkanes of at least 4 members (excludes halogenated alkanes) is 28. The maximum atomic E-state index is 12.6. The zero-order chi connectivity index (χ0) is 40.7. The zero-order valence-corrected chi connectivity index (χ0v) is 37.7. The van der Waals surface area contributed by atoms with Gasteiger partial charge in [-0.3, -0.25) is 9.59 Å². The van der Waals surface area contributed by atoms with Gasteiger partial charge in [0.25, 0.3) is 0 Å². The number of allylic oxidation sites excluding steroid dienone is 6. The van der Waals surface area contributed by atoms with Gasteiger partial charge in [-0.15, -0.1) is 0 Å². The number of carbonyl (C=O) groups is 2. The van der Waals surface area contributed by atoms with Gasteiger partial charge in [-0.05, 0) is 77.0 Å². The molecule has 0 radical (unpaired) electrons. The highest BCUT2D eigenvalue weighted by molar-refractivity contribution is 5.70. The Hall–Kier alpha value is -1.88. The van der Waals surface area contributed by atoms with E-state index in [0.717, 1.165) is 51.4 Å². The van der Waals surface area contributed by atoms with E-state index in [4.69, 9.17) is 14.2 Å². The van der Waals surface area contributed by atoms with E-state index in [1.54, 1.807) is 0 Å². The lowest BCUT2D eigenvalue weighted by Gasteiger charge is -2.18. The fourth-order valence-corrected chi connectivity index (χ4v) is 6.95. The molecule has 0 N–H and O–H groups in total. The fourth-order valence-electron chi connectivity index (χ4n) is 6.95. The largest absolute Gasteiger partial charge is 0.462 e. The summed E-state index contributed by atoms with van der Waals surface area (Å²) in [6, 6.07) is 0. The minimum atomic E-state index is -0.534. The molecule has 0 heterocycles. The molecule has 0 aromatic rings. The molecule has 1 atom stereocenters. The molecule has 0 aromatic heterocycles. The molecule has 0 aromatic carbocycles. The molecule has 5 nitrogen and oxygen atoms in total. The molecule has 1 unspecified atom stereocenters. The summed E-state index contributed by atoms with van der Waals surface area (Å²) >= 11 is 0. The molecule has 0 fully saturated rings. The molecule has 0 aliphatic rings. The Balaban J connectivity index is 4.02. The predicted octanol–water partition coefficient (Wildman–Crippen LogP) is 16.2. The zero-order valence-electron chi connectivity index (χ0n) is 37.7. The number of esters is 2. The lowest BCUT2D eigenvalue weighted by atomic mass is 10.1. The Morgan fingerprint density at radius 2 is 0.750 bits per heavy atom. The first-order valence-electron chi connectivity index (χ1n) is 24.5. The number of ether oxygens (including phenoxy) is 3. The van der Waals surface area contributed by atoms with Crippen LogP contribution in [0.5, 0.6) is 0 Å². The van der Waals surface area contributed by atoms with Crippen molar-refractivity contribution >= 4 is 11.9 Å². The van der Waals surface area contributed by atoms with Crippen molar-refractivity contribution in [1.82, 2.24) is 0 Å². The average Bonchev–Trinajstić information content (AvgIpc) is 3.20. The molecule has 0 saturated carbocycles. The molecule has 0 rings (SSSR count). The highest BCUT2D eigenvalue weighted by Gasteiger charge is 2.17. The molecular formula is C51H94O5.